The molecule has 1 amide bonds. The Kier molecular flexibility index (Phi) is 6.09. The number of aromatic nitrogens is 2. The zero-order chi connectivity index (χ0) is 19.6. The summed E-state index contributed by atoms with van der Waals surface area (Å²) in [6, 6.07) is 9.09. The number of rotatable bonds is 5. The van der Waals surface area contributed by atoms with Gasteiger partial charge in [0.2, 0.25) is 11.8 Å². The molecule has 0 aliphatic heterocycles. The highest BCUT2D eigenvalue weighted by Crippen LogP contribution is 2.31. The van der Waals surface area contributed by atoms with Gasteiger partial charge in [-0.2, -0.15) is 0 Å². The van der Waals surface area contributed by atoms with Crippen LogP contribution in [-0.4, -0.2) is 21.9 Å². The van der Waals surface area contributed by atoms with Gasteiger partial charge in [-0.15, -0.1) is 10.2 Å². The lowest BCUT2D eigenvalue weighted by atomic mass is 10.1. The number of hydrogen-bond acceptors (Lipinski definition) is 5. The Morgan fingerprint density at radius 1 is 1.11 bits per heavy atom. The van der Waals surface area contributed by atoms with Crippen molar-refractivity contribution in [3.05, 3.63) is 57.1 Å². The molecule has 1 N–H and O–H groups in total. The van der Waals surface area contributed by atoms with Gasteiger partial charge in [0.15, 0.2) is 0 Å². The van der Waals surface area contributed by atoms with E-state index >= 15 is 0 Å². The molecule has 8 heteroatoms. The number of carbonyl (C=O) groups excluding carboxylic acids is 1. The van der Waals surface area contributed by atoms with Crippen molar-refractivity contribution in [2.24, 2.45) is 0 Å². The minimum Gasteiger partial charge on any atom is -0.411 e. The summed E-state index contributed by atoms with van der Waals surface area (Å²) in [5, 5.41) is 12.1. The van der Waals surface area contributed by atoms with Crippen LogP contribution in [0.2, 0.25) is 10.0 Å². The molecule has 1 heterocycles. The third kappa shape index (κ3) is 4.83. The van der Waals surface area contributed by atoms with Crippen molar-refractivity contribution in [1.29, 1.82) is 0 Å². The van der Waals surface area contributed by atoms with Gasteiger partial charge in [0, 0.05) is 10.7 Å². The molecule has 1 aromatic heterocycles. The molecule has 0 spiro atoms. The largest absolute Gasteiger partial charge is 0.411 e. The molecule has 0 fully saturated rings. The Hall–Kier alpha value is -2.02. The second-order valence-electron chi connectivity index (χ2n) is 6.11. The van der Waals surface area contributed by atoms with E-state index in [0.29, 0.717) is 20.8 Å². The zero-order valence-corrected chi connectivity index (χ0v) is 17.3. The van der Waals surface area contributed by atoms with Gasteiger partial charge in [-0.05, 0) is 50.1 Å². The third-order valence-corrected chi connectivity index (χ3v) is 5.20. The second kappa shape index (κ2) is 8.33. The Morgan fingerprint density at radius 3 is 2.48 bits per heavy atom. The smallest absolute Gasteiger partial charge is 0.277 e. The van der Waals surface area contributed by atoms with E-state index in [0.717, 1.165) is 22.4 Å². The number of thioether (sulfide) groups is 1. The Labute approximate surface area is 171 Å². The average Bonchev–Trinajstić information content (AvgIpc) is 3.05. The maximum absolute atomic E-state index is 12.3. The first kappa shape index (κ1) is 19.7. The topological polar surface area (TPSA) is 68.0 Å². The molecule has 3 rings (SSSR count). The SMILES string of the molecule is Cc1cc(C)c(NC(=O)CSc2nnc(-c3ccc(Cl)cc3Cl)o2)c(C)c1. The molecule has 0 saturated carbocycles. The van der Waals surface area contributed by atoms with Crippen molar-refractivity contribution in [2.75, 3.05) is 11.1 Å². The van der Waals surface area contributed by atoms with E-state index in [-0.39, 0.29) is 17.6 Å². The van der Waals surface area contributed by atoms with Crippen molar-refractivity contribution < 1.29 is 9.21 Å². The molecule has 0 aliphatic rings. The van der Waals surface area contributed by atoms with Crippen molar-refractivity contribution in [1.82, 2.24) is 10.2 Å². The number of carbonyl (C=O) groups is 1. The minimum atomic E-state index is -0.140. The number of nitrogens with zero attached hydrogens (tertiary/aromatic N) is 2. The predicted octanol–water partition coefficient (Wildman–Crippen LogP) is 5.70. The van der Waals surface area contributed by atoms with Gasteiger partial charge in [-0.25, -0.2) is 0 Å². The van der Waals surface area contributed by atoms with E-state index < -0.39 is 0 Å². The summed E-state index contributed by atoms with van der Waals surface area (Å²) >= 11 is 13.2. The molecule has 5 nitrogen and oxygen atoms in total. The first-order chi connectivity index (χ1) is 12.8. The van der Waals surface area contributed by atoms with Crippen molar-refractivity contribution in [3.8, 4) is 11.5 Å². The van der Waals surface area contributed by atoms with Crippen molar-refractivity contribution in [2.45, 2.75) is 26.0 Å². The quantitative estimate of drug-likeness (QED) is 0.535. The van der Waals surface area contributed by atoms with E-state index in [1.165, 1.54) is 11.8 Å². The highest BCUT2D eigenvalue weighted by atomic mass is 35.5. The molecule has 3 aromatic rings. The van der Waals surface area contributed by atoms with E-state index in [4.69, 9.17) is 27.6 Å². The summed E-state index contributed by atoms with van der Waals surface area (Å²) in [6.45, 7) is 5.98. The lowest BCUT2D eigenvalue weighted by Crippen LogP contribution is -2.15. The van der Waals surface area contributed by atoms with Crippen molar-refractivity contribution >= 4 is 46.6 Å². The van der Waals surface area contributed by atoms with Gasteiger partial charge < -0.3 is 9.73 Å². The molecule has 0 radical (unpaired) electrons. The molecule has 2 aromatic carbocycles. The van der Waals surface area contributed by atoms with E-state index in [9.17, 15) is 4.79 Å². The molecule has 0 aliphatic carbocycles. The van der Waals surface area contributed by atoms with Gasteiger partial charge in [0.05, 0.1) is 16.3 Å². The number of aryl methyl sites for hydroxylation is 3. The predicted molar refractivity (Wildman–Crippen MR) is 110 cm³/mol. The van der Waals surface area contributed by atoms with Crippen LogP contribution in [-0.2, 0) is 4.79 Å². The molecule has 0 atom stereocenters. The lowest BCUT2D eigenvalue weighted by molar-refractivity contribution is -0.113. The lowest BCUT2D eigenvalue weighted by Gasteiger charge is -2.12. The van der Waals surface area contributed by atoms with Crippen LogP contribution < -0.4 is 5.32 Å². The first-order valence-corrected chi connectivity index (χ1v) is 9.87. The zero-order valence-electron chi connectivity index (χ0n) is 15.0. The van der Waals surface area contributed by atoms with Crippen LogP contribution in [0.4, 0.5) is 5.69 Å². The van der Waals surface area contributed by atoms with E-state index in [1.54, 1.807) is 18.2 Å². The Morgan fingerprint density at radius 2 is 1.81 bits per heavy atom. The summed E-state index contributed by atoms with van der Waals surface area (Å²) in [5.74, 6) is 0.298. The van der Waals surface area contributed by atoms with Crippen molar-refractivity contribution in [3.63, 3.8) is 0 Å². The van der Waals surface area contributed by atoms with Crippen LogP contribution in [0, 0.1) is 20.8 Å². The summed E-state index contributed by atoms with van der Waals surface area (Å²) in [4.78, 5) is 12.3. The fourth-order valence-electron chi connectivity index (χ4n) is 2.72. The molecule has 27 heavy (non-hydrogen) atoms. The van der Waals surface area contributed by atoms with Crippen LogP contribution in [0.3, 0.4) is 0 Å². The monoisotopic (exact) mass is 421 g/mol. The fourth-order valence-corrected chi connectivity index (χ4v) is 3.77. The third-order valence-electron chi connectivity index (χ3n) is 3.84. The standard InChI is InChI=1S/C19H17Cl2N3O2S/c1-10-6-11(2)17(12(3)7-10)22-16(25)9-27-19-24-23-18(26-19)14-5-4-13(20)8-15(14)21/h4-8H,9H2,1-3H3,(H,22,25). The average molecular weight is 422 g/mol. The number of halogens is 2. The first-order valence-electron chi connectivity index (χ1n) is 8.13. The summed E-state index contributed by atoms with van der Waals surface area (Å²) in [7, 11) is 0. The normalized spacial score (nSPS) is 10.9. The number of nitrogens with one attached hydrogen (secondary N) is 1. The highest BCUT2D eigenvalue weighted by Gasteiger charge is 2.15. The maximum atomic E-state index is 12.3. The number of amides is 1. The number of hydrogen-bond donors (Lipinski definition) is 1. The van der Waals surface area contributed by atoms with Gasteiger partial charge in [-0.3, -0.25) is 4.79 Å². The van der Waals surface area contributed by atoms with Crippen LogP contribution in [0.15, 0.2) is 40.0 Å². The van der Waals surface area contributed by atoms with Crippen LogP contribution in [0.25, 0.3) is 11.5 Å². The molecule has 0 unspecified atom stereocenters. The second-order valence-corrected chi connectivity index (χ2v) is 7.88. The molecular weight excluding hydrogens is 405 g/mol. The Balaban J connectivity index is 1.64. The summed E-state index contributed by atoms with van der Waals surface area (Å²) in [5.41, 5.74) is 4.66. The molecular formula is C19H17Cl2N3O2S. The fraction of sp³-hybridized carbons (Fsp3) is 0.211. The van der Waals surface area contributed by atoms with Crippen LogP contribution in [0.1, 0.15) is 16.7 Å². The van der Waals surface area contributed by atoms with Gasteiger partial charge in [0.25, 0.3) is 5.22 Å². The minimum absolute atomic E-state index is 0.140. The number of benzene rings is 2. The van der Waals surface area contributed by atoms with Gasteiger partial charge >= 0.3 is 0 Å². The van der Waals surface area contributed by atoms with E-state index in [2.05, 4.69) is 15.5 Å². The maximum Gasteiger partial charge on any atom is 0.277 e. The van der Waals surface area contributed by atoms with Gasteiger partial charge in [-0.1, -0.05) is 52.7 Å². The molecule has 140 valence electrons. The van der Waals surface area contributed by atoms with E-state index in [1.807, 2.05) is 32.9 Å². The van der Waals surface area contributed by atoms with Gasteiger partial charge in [0.1, 0.15) is 0 Å². The Bertz CT molecular complexity index is 981. The molecule has 0 saturated heterocycles. The van der Waals surface area contributed by atoms with Crippen LogP contribution in [0.5, 0.6) is 0 Å². The summed E-state index contributed by atoms with van der Waals surface area (Å²) < 4.78 is 5.59. The van der Waals surface area contributed by atoms with Crippen LogP contribution >= 0.6 is 35.0 Å². The highest BCUT2D eigenvalue weighted by molar-refractivity contribution is 7.99. The summed E-state index contributed by atoms with van der Waals surface area (Å²) in [6.07, 6.45) is 0. The number of anilines is 1. The molecule has 0 bridgehead atoms.